The molecular weight excluding hydrogens is 412 g/mol. The molecular formula is C24H25ClN4O2. The van der Waals surface area contributed by atoms with Crippen LogP contribution in [0, 0.1) is 0 Å². The van der Waals surface area contributed by atoms with E-state index in [0.29, 0.717) is 29.6 Å². The molecule has 31 heavy (non-hydrogen) atoms. The molecule has 3 aromatic rings. The molecule has 2 aromatic carbocycles. The van der Waals surface area contributed by atoms with Crippen molar-refractivity contribution in [3.8, 4) is 11.4 Å². The van der Waals surface area contributed by atoms with Gasteiger partial charge in [0.2, 0.25) is 17.6 Å². The number of piperazine rings is 1. The molecule has 0 radical (unpaired) electrons. The van der Waals surface area contributed by atoms with Gasteiger partial charge in [0.05, 0.1) is 5.02 Å². The smallest absolute Gasteiger partial charge is 0.227 e. The molecule has 1 aliphatic rings. The maximum atomic E-state index is 12.6. The zero-order chi connectivity index (χ0) is 21.5. The van der Waals surface area contributed by atoms with Crippen LogP contribution in [0.25, 0.3) is 17.5 Å². The summed E-state index contributed by atoms with van der Waals surface area (Å²) in [6.45, 7) is 4.13. The summed E-state index contributed by atoms with van der Waals surface area (Å²) in [4.78, 5) is 21.2. The second kappa shape index (κ2) is 10.4. The minimum atomic E-state index is 0.122. The number of aromatic nitrogens is 2. The van der Waals surface area contributed by atoms with Gasteiger partial charge < -0.3 is 9.42 Å². The van der Waals surface area contributed by atoms with E-state index in [-0.39, 0.29) is 5.91 Å². The molecule has 1 aromatic heterocycles. The minimum Gasteiger partial charge on any atom is -0.340 e. The molecule has 0 atom stereocenters. The van der Waals surface area contributed by atoms with Crippen molar-refractivity contribution in [2.45, 2.75) is 12.8 Å². The Balaban J connectivity index is 1.21. The van der Waals surface area contributed by atoms with E-state index >= 15 is 0 Å². The number of halogens is 1. The lowest BCUT2D eigenvalue weighted by Gasteiger charge is -2.34. The Kier molecular flexibility index (Phi) is 7.12. The van der Waals surface area contributed by atoms with E-state index in [1.165, 1.54) is 5.56 Å². The Labute approximate surface area is 187 Å². The van der Waals surface area contributed by atoms with E-state index in [1.807, 2.05) is 41.3 Å². The van der Waals surface area contributed by atoms with Gasteiger partial charge in [-0.15, -0.1) is 0 Å². The molecule has 1 aliphatic heterocycles. The molecule has 0 aliphatic carbocycles. The number of rotatable bonds is 7. The van der Waals surface area contributed by atoms with Crippen LogP contribution in [0.4, 0.5) is 0 Å². The number of nitrogens with zero attached hydrogens (tertiary/aromatic N) is 4. The summed E-state index contributed by atoms with van der Waals surface area (Å²) in [5.41, 5.74) is 1.93. The van der Waals surface area contributed by atoms with E-state index in [1.54, 1.807) is 6.07 Å². The fourth-order valence-corrected chi connectivity index (χ4v) is 3.78. The van der Waals surface area contributed by atoms with Gasteiger partial charge >= 0.3 is 0 Å². The molecule has 4 rings (SSSR count). The molecule has 0 spiro atoms. The highest BCUT2D eigenvalue weighted by atomic mass is 35.5. The van der Waals surface area contributed by atoms with Gasteiger partial charge in [0.15, 0.2) is 0 Å². The van der Waals surface area contributed by atoms with Gasteiger partial charge in [0.1, 0.15) is 0 Å². The van der Waals surface area contributed by atoms with Crippen LogP contribution in [-0.2, 0) is 11.2 Å². The van der Waals surface area contributed by atoms with Crippen molar-refractivity contribution >= 4 is 23.6 Å². The van der Waals surface area contributed by atoms with Crippen LogP contribution in [0.3, 0.4) is 0 Å². The van der Waals surface area contributed by atoms with Crippen LogP contribution in [-0.4, -0.2) is 58.6 Å². The predicted molar refractivity (Wildman–Crippen MR) is 122 cm³/mol. The number of carbonyl (C=O) groups excluding carboxylic acids is 1. The van der Waals surface area contributed by atoms with Crippen LogP contribution in [0.1, 0.15) is 17.9 Å². The summed E-state index contributed by atoms with van der Waals surface area (Å²) in [7, 11) is 0. The molecule has 0 bridgehead atoms. The first-order chi connectivity index (χ1) is 15.2. The van der Waals surface area contributed by atoms with Crippen LogP contribution in [0.5, 0.6) is 0 Å². The largest absolute Gasteiger partial charge is 0.340 e. The Hall–Kier alpha value is -2.96. The molecule has 7 heteroatoms. The van der Waals surface area contributed by atoms with Crippen molar-refractivity contribution in [2.75, 3.05) is 32.7 Å². The summed E-state index contributed by atoms with van der Waals surface area (Å²) in [5.74, 6) is 1.02. The molecule has 160 valence electrons. The van der Waals surface area contributed by atoms with Crippen molar-refractivity contribution in [3.05, 3.63) is 77.2 Å². The Morgan fingerprint density at radius 1 is 1.03 bits per heavy atom. The normalized spacial score (nSPS) is 14.9. The number of aryl methyl sites for hydroxylation is 1. The van der Waals surface area contributed by atoms with Crippen molar-refractivity contribution < 1.29 is 9.32 Å². The van der Waals surface area contributed by atoms with Gasteiger partial charge in [-0.3, -0.25) is 9.69 Å². The maximum Gasteiger partial charge on any atom is 0.227 e. The molecule has 1 saturated heterocycles. The molecule has 0 unspecified atom stereocenters. The summed E-state index contributed by atoms with van der Waals surface area (Å²) >= 11 is 6.18. The summed E-state index contributed by atoms with van der Waals surface area (Å²) in [6.07, 6.45) is 5.10. The van der Waals surface area contributed by atoms with Crippen molar-refractivity contribution in [3.63, 3.8) is 0 Å². The quantitative estimate of drug-likeness (QED) is 0.556. The zero-order valence-electron chi connectivity index (χ0n) is 17.3. The highest BCUT2D eigenvalue weighted by Crippen LogP contribution is 2.25. The number of benzene rings is 2. The first-order valence-corrected chi connectivity index (χ1v) is 10.9. The van der Waals surface area contributed by atoms with Gasteiger partial charge in [-0.1, -0.05) is 71.4 Å². The van der Waals surface area contributed by atoms with Gasteiger partial charge in [0, 0.05) is 51.1 Å². The molecule has 0 N–H and O–H groups in total. The molecule has 1 fully saturated rings. The zero-order valence-corrected chi connectivity index (χ0v) is 18.0. The second-order valence-corrected chi connectivity index (χ2v) is 7.89. The lowest BCUT2D eigenvalue weighted by Crippen LogP contribution is -2.48. The highest BCUT2D eigenvalue weighted by Gasteiger charge is 2.21. The number of amides is 1. The van der Waals surface area contributed by atoms with Crippen molar-refractivity contribution in [2.24, 2.45) is 0 Å². The standard InChI is InChI=1S/C24H25ClN4O2/c25-21-11-5-4-10-20(21)24-26-22(31-27-24)12-13-23(30)29-17-15-28(16-18-29)14-6-9-19-7-2-1-3-8-19/h1-11H,12-18H2/b9-6+. The fraction of sp³-hybridized carbons (Fsp3) is 0.292. The molecule has 0 saturated carbocycles. The van der Waals surface area contributed by atoms with Crippen LogP contribution >= 0.6 is 11.6 Å². The average molecular weight is 437 g/mol. The van der Waals surface area contributed by atoms with E-state index in [4.69, 9.17) is 16.1 Å². The van der Waals surface area contributed by atoms with Gasteiger partial charge in [-0.2, -0.15) is 4.98 Å². The maximum absolute atomic E-state index is 12.6. The van der Waals surface area contributed by atoms with Crippen LogP contribution in [0.2, 0.25) is 5.02 Å². The summed E-state index contributed by atoms with van der Waals surface area (Å²) in [5, 5.41) is 4.56. The van der Waals surface area contributed by atoms with E-state index in [9.17, 15) is 4.79 Å². The second-order valence-electron chi connectivity index (χ2n) is 7.49. The lowest BCUT2D eigenvalue weighted by molar-refractivity contribution is -0.132. The first kappa shape index (κ1) is 21.3. The topological polar surface area (TPSA) is 62.5 Å². The van der Waals surface area contributed by atoms with E-state index < -0.39 is 0 Å². The molecule has 6 nitrogen and oxygen atoms in total. The van der Waals surface area contributed by atoms with Crippen molar-refractivity contribution in [1.29, 1.82) is 0 Å². The fourth-order valence-electron chi connectivity index (χ4n) is 3.56. The SMILES string of the molecule is O=C(CCc1nc(-c2ccccc2Cl)no1)N1CCN(C/C=C/c2ccccc2)CC1. The Morgan fingerprint density at radius 3 is 2.55 bits per heavy atom. The third-order valence-electron chi connectivity index (χ3n) is 5.33. The average Bonchev–Trinajstić information content (AvgIpc) is 3.28. The lowest BCUT2D eigenvalue weighted by atomic mass is 10.2. The molecule has 1 amide bonds. The number of hydrogen-bond acceptors (Lipinski definition) is 5. The Morgan fingerprint density at radius 2 is 1.77 bits per heavy atom. The first-order valence-electron chi connectivity index (χ1n) is 10.5. The van der Waals surface area contributed by atoms with Gasteiger partial charge in [0.25, 0.3) is 0 Å². The number of carbonyl (C=O) groups is 1. The van der Waals surface area contributed by atoms with Gasteiger partial charge in [-0.25, -0.2) is 0 Å². The predicted octanol–water partition coefficient (Wildman–Crippen LogP) is 4.18. The third kappa shape index (κ3) is 5.81. The third-order valence-corrected chi connectivity index (χ3v) is 5.66. The minimum absolute atomic E-state index is 0.122. The monoisotopic (exact) mass is 436 g/mol. The summed E-state index contributed by atoms with van der Waals surface area (Å²) < 4.78 is 5.30. The van der Waals surface area contributed by atoms with E-state index in [0.717, 1.165) is 38.3 Å². The Bertz CT molecular complexity index is 1030. The van der Waals surface area contributed by atoms with Crippen LogP contribution in [0.15, 0.2) is 65.2 Å². The van der Waals surface area contributed by atoms with Gasteiger partial charge in [-0.05, 0) is 17.7 Å². The van der Waals surface area contributed by atoms with E-state index in [2.05, 4.69) is 39.3 Å². The van der Waals surface area contributed by atoms with Crippen molar-refractivity contribution in [1.82, 2.24) is 19.9 Å². The number of hydrogen-bond donors (Lipinski definition) is 0. The van der Waals surface area contributed by atoms with Crippen LogP contribution < -0.4 is 0 Å². The summed E-state index contributed by atoms with van der Waals surface area (Å²) in [6, 6.07) is 17.6. The highest BCUT2D eigenvalue weighted by molar-refractivity contribution is 6.33. The molecule has 2 heterocycles.